The molecule has 2 aliphatic rings. The molecule has 3 rings (SSSR count). The Morgan fingerprint density at radius 3 is 2.96 bits per heavy atom. The fourth-order valence-electron chi connectivity index (χ4n) is 3.21. The van der Waals surface area contributed by atoms with Gasteiger partial charge in [-0.05, 0) is 29.9 Å². The summed E-state index contributed by atoms with van der Waals surface area (Å²) in [5.41, 5.74) is 1.51. The molecule has 0 aliphatic carbocycles. The largest absolute Gasteiger partial charge is 0.481 e. The summed E-state index contributed by atoms with van der Waals surface area (Å²) in [4.78, 5) is 8.72. The van der Waals surface area contributed by atoms with Crippen molar-refractivity contribution in [1.29, 1.82) is 0 Å². The molecule has 0 radical (unpaired) electrons. The van der Waals surface area contributed by atoms with E-state index in [9.17, 15) is 5.02 Å². The van der Waals surface area contributed by atoms with Crippen molar-refractivity contribution >= 4 is 18.9 Å². The lowest BCUT2D eigenvalue weighted by molar-refractivity contribution is -0.0276. The van der Waals surface area contributed by atoms with E-state index in [-0.39, 0.29) is 5.92 Å². The molecule has 24 heavy (non-hydrogen) atoms. The molecule has 3 heterocycles. The van der Waals surface area contributed by atoms with Gasteiger partial charge in [-0.15, -0.1) is 0 Å². The van der Waals surface area contributed by atoms with Crippen molar-refractivity contribution in [3.05, 3.63) is 30.1 Å². The number of hydrogen-bond donors (Lipinski definition) is 1. The van der Waals surface area contributed by atoms with Crippen LogP contribution in [0.5, 0.6) is 5.88 Å². The molecule has 1 aromatic rings. The van der Waals surface area contributed by atoms with Crippen LogP contribution in [0.1, 0.15) is 25.3 Å². The molecule has 6 nitrogen and oxygen atoms in total. The van der Waals surface area contributed by atoms with Crippen LogP contribution in [0.2, 0.25) is 6.32 Å². The zero-order valence-electron chi connectivity index (χ0n) is 14.1. The van der Waals surface area contributed by atoms with Crippen LogP contribution >= 0.6 is 0 Å². The van der Waals surface area contributed by atoms with Gasteiger partial charge in [0, 0.05) is 50.2 Å². The first-order valence-electron chi connectivity index (χ1n) is 8.34. The van der Waals surface area contributed by atoms with Gasteiger partial charge in [0.1, 0.15) is 5.60 Å². The number of hydrogen-bond acceptors (Lipinski definition) is 6. The monoisotopic (exact) mass is 330 g/mol. The molecule has 0 aromatic carbocycles. The van der Waals surface area contributed by atoms with E-state index in [1.54, 1.807) is 13.3 Å². The van der Waals surface area contributed by atoms with Crippen LogP contribution in [0.15, 0.2) is 29.5 Å². The normalized spacial score (nSPS) is 26.5. The maximum absolute atomic E-state index is 9.75. The average molecular weight is 330 g/mol. The lowest BCUT2D eigenvalue weighted by atomic mass is 9.72. The number of ether oxygens (including phenoxy) is 2. The molecule has 0 saturated carbocycles. The van der Waals surface area contributed by atoms with Crippen LogP contribution in [0, 0.1) is 5.92 Å². The number of rotatable bonds is 6. The number of pyridine rings is 1. The highest BCUT2D eigenvalue weighted by Gasteiger charge is 2.46. The Kier molecular flexibility index (Phi) is 5.33. The summed E-state index contributed by atoms with van der Waals surface area (Å²) >= 11 is 0. The lowest BCUT2D eigenvalue weighted by Crippen LogP contribution is -2.44. The summed E-state index contributed by atoms with van der Waals surface area (Å²) in [5.74, 6) is 0.664. The third-order valence-electron chi connectivity index (χ3n) is 4.55. The number of methoxy groups -OCH3 is 1. The summed E-state index contributed by atoms with van der Waals surface area (Å²) in [6.45, 7) is 3.20. The van der Waals surface area contributed by atoms with Crippen molar-refractivity contribution in [2.75, 3.05) is 20.3 Å². The molecule has 2 atom stereocenters. The fourth-order valence-corrected chi connectivity index (χ4v) is 3.21. The predicted octanol–water partition coefficient (Wildman–Crippen LogP) is 2.20. The van der Waals surface area contributed by atoms with E-state index in [2.05, 4.69) is 16.9 Å². The van der Waals surface area contributed by atoms with Crippen LogP contribution in [0.25, 0.3) is 5.57 Å². The number of nitrogens with zero attached hydrogens (tertiary/aromatic N) is 2. The number of aromatic nitrogens is 1. The van der Waals surface area contributed by atoms with E-state index in [0.29, 0.717) is 31.8 Å². The highest BCUT2D eigenvalue weighted by molar-refractivity contribution is 6.43. The molecule has 128 valence electrons. The smallest absolute Gasteiger partial charge is 0.454 e. The molecule has 1 N–H and O–H groups in total. The van der Waals surface area contributed by atoms with Crippen molar-refractivity contribution in [3.8, 4) is 5.88 Å². The van der Waals surface area contributed by atoms with Crippen molar-refractivity contribution < 1.29 is 19.2 Å². The molecule has 2 aliphatic heterocycles. The summed E-state index contributed by atoms with van der Waals surface area (Å²) in [6.07, 6.45) is 7.68. The minimum Gasteiger partial charge on any atom is -0.481 e. The zero-order valence-corrected chi connectivity index (χ0v) is 14.1. The van der Waals surface area contributed by atoms with Crippen LogP contribution in [-0.4, -0.2) is 49.3 Å². The van der Waals surface area contributed by atoms with Crippen molar-refractivity contribution in [1.82, 2.24) is 4.98 Å². The molecular formula is C17H23BN2O4. The maximum atomic E-state index is 9.75. The highest BCUT2D eigenvalue weighted by Crippen LogP contribution is 2.39. The Balaban J connectivity index is 1.83. The van der Waals surface area contributed by atoms with Crippen LogP contribution in [0.4, 0.5) is 0 Å². The first-order chi connectivity index (χ1) is 11.7. The van der Waals surface area contributed by atoms with E-state index < -0.39 is 12.7 Å². The Morgan fingerprint density at radius 2 is 2.33 bits per heavy atom. The quantitative estimate of drug-likeness (QED) is 0.810. The summed E-state index contributed by atoms with van der Waals surface area (Å²) < 4.78 is 16.7. The van der Waals surface area contributed by atoms with Crippen molar-refractivity contribution in [2.45, 2.75) is 31.7 Å². The van der Waals surface area contributed by atoms with Crippen LogP contribution < -0.4 is 4.74 Å². The van der Waals surface area contributed by atoms with Crippen LogP contribution in [-0.2, 0) is 9.39 Å². The molecule has 1 fully saturated rings. The first kappa shape index (κ1) is 17.1. The zero-order chi connectivity index (χ0) is 17.0. The topological polar surface area (TPSA) is 73.2 Å². The molecule has 0 amide bonds. The van der Waals surface area contributed by atoms with Gasteiger partial charge in [-0.2, -0.15) is 0 Å². The minimum absolute atomic E-state index is 0.0812. The van der Waals surface area contributed by atoms with E-state index >= 15 is 0 Å². The molecule has 1 unspecified atom stereocenters. The van der Waals surface area contributed by atoms with Crippen LogP contribution in [0.3, 0.4) is 0 Å². The van der Waals surface area contributed by atoms with Gasteiger partial charge in [0.25, 0.3) is 0 Å². The van der Waals surface area contributed by atoms with Crippen molar-refractivity contribution in [3.63, 3.8) is 0 Å². The van der Waals surface area contributed by atoms with E-state index in [1.165, 1.54) is 0 Å². The van der Waals surface area contributed by atoms with Crippen molar-refractivity contribution in [2.24, 2.45) is 10.9 Å². The molecule has 1 aromatic heterocycles. The maximum Gasteiger partial charge on any atom is 0.454 e. The van der Waals surface area contributed by atoms with Gasteiger partial charge in [0.05, 0.1) is 7.11 Å². The summed E-state index contributed by atoms with van der Waals surface area (Å²) in [6, 6.07) is 3.81. The van der Waals surface area contributed by atoms with Gasteiger partial charge in [-0.3, -0.25) is 4.99 Å². The number of aliphatic imine (C=N–C) groups is 1. The predicted molar refractivity (Wildman–Crippen MR) is 93.1 cm³/mol. The van der Waals surface area contributed by atoms with Gasteiger partial charge in [0.2, 0.25) is 5.88 Å². The molecule has 1 saturated heterocycles. The van der Waals surface area contributed by atoms with Gasteiger partial charge in [0.15, 0.2) is 0 Å². The lowest BCUT2D eigenvalue weighted by Gasteiger charge is -2.37. The van der Waals surface area contributed by atoms with E-state index in [4.69, 9.17) is 14.1 Å². The average Bonchev–Trinajstić information content (AvgIpc) is 3.07. The minimum atomic E-state index is -0.720. The molecule has 7 heteroatoms. The fraction of sp³-hybridized carbons (Fsp3) is 0.529. The molecule has 0 bridgehead atoms. The Hall–Kier alpha value is -1.70. The third kappa shape index (κ3) is 3.53. The van der Waals surface area contributed by atoms with E-state index in [0.717, 1.165) is 17.6 Å². The summed E-state index contributed by atoms with van der Waals surface area (Å²) in [7, 11) is 0.879. The Labute approximate surface area is 142 Å². The second-order valence-corrected chi connectivity index (χ2v) is 6.22. The molecule has 0 spiro atoms. The Bertz CT molecular complexity index is 620. The van der Waals surface area contributed by atoms with Gasteiger partial charge >= 0.3 is 7.12 Å². The third-order valence-corrected chi connectivity index (χ3v) is 4.55. The molecular weight excluding hydrogens is 307 g/mol. The second-order valence-electron chi connectivity index (χ2n) is 6.22. The van der Waals surface area contributed by atoms with Gasteiger partial charge in [-0.25, -0.2) is 4.98 Å². The van der Waals surface area contributed by atoms with Gasteiger partial charge in [-0.1, -0.05) is 6.92 Å². The van der Waals surface area contributed by atoms with E-state index in [1.807, 2.05) is 24.5 Å². The Morgan fingerprint density at radius 1 is 1.46 bits per heavy atom. The van der Waals surface area contributed by atoms with Gasteiger partial charge < -0.3 is 19.2 Å². The standard InChI is InChI=1S/C17H23BN2O4/c1-3-6-23-17(15-8-18(21)24-11-15)7-14(9-19-12-17)13-4-5-16(22-2)20-10-13/h4-5,9-10,12,15,21H,3,6-8,11H2,1-2H3/t15-,17?/m0/s1. The first-order valence-corrected chi connectivity index (χ1v) is 8.34. The highest BCUT2D eigenvalue weighted by atomic mass is 16.5. The second kappa shape index (κ2) is 7.46. The SMILES string of the molecule is CCCOC1([C@@H]2COB(O)C2)C=NC=C(c2ccc(OC)nc2)C1. The summed E-state index contributed by atoms with van der Waals surface area (Å²) in [5, 5.41) is 9.75.